The summed E-state index contributed by atoms with van der Waals surface area (Å²) in [5.74, 6) is 1.87. The number of primary amides is 1. The van der Waals surface area contributed by atoms with E-state index in [9.17, 15) is 48.3 Å². The van der Waals surface area contributed by atoms with Gasteiger partial charge in [0.2, 0.25) is 35.4 Å². The molecule has 5 aromatic rings. The summed E-state index contributed by atoms with van der Waals surface area (Å²) in [6, 6.07) is 21.4. The van der Waals surface area contributed by atoms with Crippen molar-refractivity contribution in [2.45, 2.75) is 144 Å². The Hall–Kier alpha value is -9.49. The maximum Gasteiger partial charge on any atom is 0.411 e. The van der Waals surface area contributed by atoms with Gasteiger partial charge in [0, 0.05) is 84.1 Å². The normalized spacial score (nSPS) is 13.9. The Morgan fingerprint density at radius 2 is 1.41 bits per heavy atom. The Morgan fingerprint density at radius 1 is 0.767 bits per heavy atom. The molecule has 0 spiro atoms. The van der Waals surface area contributed by atoms with Crippen molar-refractivity contribution in [3.8, 4) is 11.8 Å². The van der Waals surface area contributed by atoms with Crippen LogP contribution in [0.2, 0.25) is 0 Å². The average Bonchev–Trinajstić information content (AvgIpc) is 1.57. The predicted octanol–water partition coefficient (Wildman–Crippen LogP) is 7.58. The topological polar surface area (TPSA) is 305 Å². The minimum absolute atomic E-state index is 0.0818. The zero-order chi connectivity index (χ0) is 66.4. The molecule has 1 aromatic heterocycles. The van der Waals surface area contributed by atoms with Gasteiger partial charge in [-0.05, 0) is 109 Å². The lowest BCUT2D eigenvalue weighted by atomic mass is 9.76. The lowest BCUT2D eigenvalue weighted by Gasteiger charge is -2.39. The minimum Gasteiger partial charge on any atom is -0.478 e. The van der Waals surface area contributed by atoms with E-state index < -0.39 is 88.7 Å². The van der Waals surface area contributed by atoms with E-state index in [0.717, 1.165) is 27.6 Å². The Kier molecular flexibility index (Phi) is 23.7. The molecule has 0 aliphatic carbocycles. The number of likely N-dealkylation sites (N-methyl/N-ethyl adjacent to an activating group) is 2. The lowest BCUT2D eigenvalue weighted by Crippen LogP contribution is -2.61. The maximum atomic E-state index is 14.5. The number of carboxylic acids is 1. The molecular weight excluding hydrogens is 1150 g/mol. The van der Waals surface area contributed by atoms with Crippen LogP contribution in [-0.4, -0.2) is 119 Å². The molecule has 1 aliphatic heterocycles. The molecule has 1 aliphatic rings. The van der Waals surface area contributed by atoms with Crippen LogP contribution >= 0.6 is 0 Å². The van der Waals surface area contributed by atoms with Crippen molar-refractivity contribution in [2.24, 2.45) is 30.0 Å². The molecule has 0 radical (unpaired) electrons. The van der Waals surface area contributed by atoms with Crippen LogP contribution in [-0.2, 0) is 63.9 Å². The Morgan fingerprint density at radius 3 is 2.04 bits per heavy atom. The third-order valence-corrected chi connectivity index (χ3v) is 16.0. The maximum absolute atomic E-state index is 14.5. The Labute approximate surface area is 526 Å². The molecule has 0 saturated carbocycles. The number of aliphatic carboxylic acids is 1. The molecule has 480 valence electrons. The quantitative estimate of drug-likeness (QED) is 0.0147. The van der Waals surface area contributed by atoms with E-state index in [-0.39, 0.29) is 68.7 Å². The third-order valence-electron chi connectivity index (χ3n) is 16.0. The highest BCUT2D eigenvalue weighted by molar-refractivity contribution is 6.00. The van der Waals surface area contributed by atoms with E-state index in [1.54, 1.807) is 75.3 Å². The molecule has 2 heterocycles. The summed E-state index contributed by atoms with van der Waals surface area (Å²) in [5.41, 5.74) is 9.66. The van der Waals surface area contributed by atoms with E-state index in [1.807, 2.05) is 121 Å². The van der Waals surface area contributed by atoms with Crippen molar-refractivity contribution in [3.63, 3.8) is 0 Å². The van der Waals surface area contributed by atoms with E-state index >= 15 is 0 Å². The van der Waals surface area contributed by atoms with Gasteiger partial charge in [0.05, 0.1) is 24.3 Å². The molecule has 22 heteroatoms. The van der Waals surface area contributed by atoms with Gasteiger partial charge in [0.1, 0.15) is 24.7 Å². The van der Waals surface area contributed by atoms with Crippen LogP contribution in [0, 0.1) is 29.1 Å². The van der Waals surface area contributed by atoms with Crippen LogP contribution in [0.5, 0.6) is 0 Å². The fraction of sp³-hybridized carbons (Fsp3) is 0.426. The number of nitrogens with one attached hydrogen (secondary N) is 7. The smallest absolute Gasteiger partial charge is 0.411 e. The number of aromatic nitrogens is 1. The first-order valence-corrected chi connectivity index (χ1v) is 30.1. The molecule has 10 N–H and O–H groups in total. The van der Waals surface area contributed by atoms with Gasteiger partial charge in [-0.15, -0.1) is 0 Å². The number of carbonyl (C=O) groups excluding carboxylic acids is 8. The van der Waals surface area contributed by atoms with E-state index in [1.165, 1.54) is 11.8 Å². The summed E-state index contributed by atoms with van der Waals surface area (Å²) in [7, 11) is 5.16. The fourth-order valence-corrected chi connectivity index (χ4v) is 10.9. The number of benzene rings is 4. The van der Waals surface area contributed by atoms with Gasteiger partial charge in [-0.25, -0.2) is 14.4 Å². The molecule has 22 nitrogen and oxygen atoms in total. The molecule has 4 aromatic carbocycles. The minimum atomic E-state index is -1.13. The largest absolute Gasteiger partial charge is 0.478 e. The molecule has 0 bridgehead atoms. The highest BCUT2D eigenvalue weighted by Gasteiger charge is 2.43. The summed E-state index contributed by atoms with van der Waals surface area (Å²) in [5, 5.41) is 30.2. The third kappa shape index (κ3) is 18.1. The number of amides is 9. The van der Waals surface area contributed by atoms with Crippen LogP contribution in [0.15, 0.2) is 109 Å². The second-order valence-corrected chi connectivity index (χ2v) is 25.1. The van der Waals surface area contributed by atoms with Gasteiger partial charge in [-0.3, -0.25) is 34.1 Å². The number of fused-ring (bicyclic) bond motifs is 3. The number of carbonyl (C=O) groups is 9. The molecule has 9 amide bonds. The summed E-state index contributed by atoms with van der Waals surface area (Å²) < 4.78 is 7.54. The zero-order valence-corrected chi connectivity index (χ0v) is 53.8. The molecular formula is C68H87N11O11. The first kappa shape index (κ1) is 69.6. The van der Waals surface area contributed by atoms with Gasteiger partial charge in [0.15, 0.2) is 0 Å². The van der Waals surface area contributed by atoms with Crippen molar-refractivity contribution in [1.82, 2.24) is 36.1 Å². The van der Waals surface area contributed by atoms with E-state index in [0.29, 0.717) is 28.2 Å². The number of anilines is 3. The number of carboxylic acid groups (broad SMARTS) is 1. The number of para-hydroxylation sites is 1. The first-order valence-electron chi connectivity index (χ1n) is 30.1. The van der Waals surface area contributed by atoms with Crippen molar-refractivity contribution in [2.75, 3.05) is 36.2 Å². The second-order valence-electron chi connectivity index (χ2n) is 25.1. The number of hydrogen-bond acceptors (Lipinski definition) is 11. The Balaban J connectivity index is 1.07. The summed E-state index contributed by atoms with van der Waals surface area (Å²) in [6.07, 6.45) is 2.69. The van der Waals surface area contributed by atoms with Crippen molar-refractivity contribution in [3.05, 3.63) is 137 Å². The van der Waals surface area contributed by atoms with Crippen LogP contribution in [0.3, 0.4) is 0 Å². The van der Waals surface area contributed by atoms with Crippen molar-refractivity contribution in [1.29, 1.82) is 0 Å². The predicted molar refractivity (Wildman–Crippen MR) is 347 cm³/mol. The van der Waals surface area contributed by atoms with Crippen molar-refractivity contribution >= 4 is 81.5 Å². The Bertz CT molecular complexity index is 3570. The number of nitrogens with two attached hydrogens (primary N) is 1. The zero-order valence-electron chi connectivity index (χ0n) is 53.8. The van der Waals surface area contributed by atoms with Crippen LogP contribution in [0.1, 0.15) is 123 Å². The van der Waals surface area contributed by atoms with Gasteiger partial charge < -0.3 is 61.8 Å². The SMILES string of the molecule is CN[C@H](C(=O)N[C@H](C(=O)N(C)[C@H](/C=C(\C)C(=O)O)C(C)C)C(C)(C)C)C(C)(C)c1cn(C)c2ccc(NC(=O)OCc3ccc(NC(=O)[C@H](CCCNC(N)=O)NC(=O)[C@@H](NC(=O)CCC(=O)N4Cc5ccccc5C#Cc5ccccc54)C(C)C)cc3)cc12. The highest BCUT2D eigenvalue weighted by Crippen LogP contribution is 2.37. The highest BCUT2D eigenvalue weighted by atomic mass is 16.5. The van der Waals surface area contributed by atoms with Gasteiger partial charge in [-0.1, -0.05) is 123 Å². The average molecular weight is 1230 g/mol. The monoisotopic (exact) mass is 1230 g/mol. The summed E-state index contributed by atoms with van der Waals surface area (Å²) in [6.45, 7) is 18.4. The number of ether oxygens (including phenoxy) is 1. The number of urea groups is 1. The molecule has 0 fully saturated rings. The number of nitrogens with zero attached hydrogens (tertiary/aromatic N) is 3. The van der Waals surface area contributed by atoms with Gasteiger partial charge >= 0.3 is 18.1 Å². The summed E-state index contributed by atoms with van der Waals surface area (Å²) >= 11 is 0. The number of hydrogen-bond donors (Lipinski definition) is 9. The lowest BCUT2D eigenvalue weighted by molar-refractivity contribution is -0.141. The molecule has 0 saturated heterocycles. The fourth-order valence-electron chi connectivity index (χ4n) is 10.9. The number of aryl methyl sites for hydroxylation is 1. The van der Waals surface area contributed by atoms with Crippen LogP contribution in [0.25, 0.3) is 10.9 Å². The van der Waals surface area contributed by atoms with Gasteiger partial charge in [-0.2, -0.15) is 0 Å². The molecule has 90 heavy (non-hydrogen) atoms. The van der Waals surface area contributed by atoms with Crippen LogP contribution in [0.4, 0.5) is 26.7 Å². The van der Waals surface area contributed by atoms with Gasteiger partial charge in [0.25, 0.3) is 0 Å². The van der Waals surface area contributed by atoms with Crippen molar-refractivity contribution < 1.29 is 53.0 Å². The number of rotatable bonds is 26. The first-order chi connectivity index (χ1) is 42.4. The molecule has 0 unspecified atom stereocenters. The summed E-state index contributed by atoms with van der Waals surface area (Å²) in [4.78, 5) is 124. The van der Waals surface area contributed by atoms with E-state index in [4.69, 9.17) is 10.5 Å². The standard InChI is InChI=1S/C68H87N11O11/c1-40(2)54(35-42(5)64(86)87)78(13)63(85)59(67(6,7)8)76-62(84)58(70-11)68(9,10)50-38-77(12)53-31-30-48(36-49(50)53)73-66(89)90-39-43-24-28-47(29-25-43)72-60(82)51(22-18-34-71-65(69)88)74-61(83)57(41(3)4)75-55(80)32-33-56(81)79-37-46-21-15-14-19-44(46)26-27-45-20-16-17-23-52(45)79/h14-17,19-21,23-25,28-31,35-36,38,40-41,51,54,57-59,70H,18,22,32-34,37,39H2,1-13H3,(H,72,82)(H,73,89)(H,74,83)(H,75,80)(H,76,84)(H,86,87)(H3,69,71,88)/b42-35+/t51-,54+,57-,58+,59+/m0/s1. The van der Waals surface area contributed by atoms with Crippen LogP contribution < -0.4 is 47.9 Å². The second kappa shape index (κ2) is 30.6. The molecule has 5 atom stereocenters. The molecule has 6 rings (SSSR count). The van der Waals surface area contributed by atoms with E-state index in [2.05, 4.69) is 49.1 Å².